The molecule has 7 nitrogen and oxygen atoms in total. The number of urea groups is 1. The van der Waals surface area contributed by atoms with Crippen molar-refractivity contribution in [1.82, 2.24) is 10.2 Å². The number of anilines is 1. The average molecular weight is 458 g/mol. The topological polar surface area (TPSA) is 87.7 Å². The molecule has 0 saturated carbocycles. The van der Waals surface area contributed by atoms with Crippen LogP contribution in [0.1, 0.15) is 45.2 Å². The van der Waals surface area contributed by atoms with Crippen molar-refractivity contribution >= 4 is 35.2 Å². The summed E-state index contributed by atoms with van der Waals surface area (Å²) in [4.78, 5) is 39.8. The number of esters is 1. The normalized spacial score (nSPS) is 18.2. The van der Waals surface area contributed by atoms with Crippen LogP contribution in [0.15, 0.2) is 54.6 Å². The molecule has 0 aliphatic carbocycles. The number of halogens is 1. The number of carbonyl (C=O) groups excluding carboxylic acids is 3. The lowest BCUT2D eigenvalue weighted by Crippen LogP contribution is -2.48. The predicted molar refractivity (Wildman–Crippen MR) is 123 cm³/mol. The Labute approximate surface area is 193 Å². The molecule has 0 bridgehead atoms. The molecule has 0 spiro atoms. The standard InChI is InChI=1S/C24H28ClN3O4/c1-24(2,3)32-22(30)20-14-13-19(16-7-5-4-6-8-16)28(20)21(29)15-26-23(31)27-18-11-9-17(25)10-12-18/h4-12,19-20H,13-15H2,1-3H3,(H2,26,27,31). The zero-order valence-electron chi connectivity index (χ0n) is 18.4. The van der Waals surface area contributed by atoms with E-state index in [9.17, 15) is 14.4 Å². The monoisotopic (exact) mass is 457 g/mol. The van der Waals surface area contributed by atoms with Crippen LogP contribution in [0.25, 0.3) is 0 Å². The van der Waals surface area contributed by atoms with Crippen LogP contribution in [0, 0.1) is 0 Å². The van der Waals surface area contributed by atoms with E-state index in [0.29, 0.717) is 23.6 Å². The van der Waals surface area contributed by atoms with Crippen molar-refractivity contribution < 1.29 is 19.1 Å². The molecular formula is C24H28ClN3O4. The Bertz CT molecular complexity index is 957. The minimum absolute atomic E-state index is 0.248. The smallest absolute Gasteiger partial charge is 0.329 e. The Kier molecular flexibility index (Phi) is 7.40. The van der Waals surface area contributed by atoms with E-state index in [2.05, 4.69) is 10.6 Å². The maximum Gasteiger partial charge on any atom is 0.329 e. The maximum absolute atomic E-state index is 13.2. The fraction of sp³-hybridized carbons (Fsp3) is 0.375. The summed E-state index contributed by atoms with van der Waals surface area (Å²) in [6.45, 7) is 5.14. The molecule has 2 atom stereocenters. The van der Waals surface area contributed by atoms with Gasteiger partial charge < -0.3 is 20.3 Å². The summed E-state index contributed by atoms with van der Waals surface area (Å²) in [7, 11) is 0. The van der Waals surface area contributed by atoms with Crippen molar-refractivity contribution in [2.45, 2.75) is 51.3 Å². The molecule has 1 saturated heterocycles. The molecule has 8 heteroatoms. The highest BCUT2D eigenvalue weighted by Gasteiger charge is 2.43. The van der Waals surface area contributed by atoms with Gasteiger partial charge in [-0.05, 0) is 63.4 Å². The second-order valence-electron chi connectivity index (χ2n) is 8.67. The van der Waals surface area contributed by atoms with Crippen LogP contribution >= 0.6 is 11.6 Å². The molecule has 2 N–H and O–H groups in total. The van der Waals surface area contributed by atoms with Crippen molar-refractivity contribution in [2.24, 2.45) is 0 Å². The van der Waals surface area contributed by atoms with Crippen LogP contribution < -0.4 is 10.6 Å². The summed E-state index contributed by atoms with van der Waals surface area (Å²) in [5.41, 5.74) is 0.833. The van der Waals surface area contributed by atoms with Gasteiger partial charge in [0.05, 0.1) is 12.6 Å². The molecule has 1 heterocycles. The highest BCUT2D eigenvalue weighted by Crippen LogP contribution is 2.37. The molecule has 1 fully saturated rings. The molecule has 0 radical (unpaired) electrons. The van der Waals surface area contributed by atoms with Gasteiger partial charge in [0.25, 0.3) is 0 Å². The number of ether oxygens (including phenoxy) is 1. The third-order valence-electron chi connectivity index (χ3n) is 5.04. The highest BCUT2D eigenvalue weighted by molar-refractivity contribution is 6.30. The fourth-order valence-corrected chi connectivity index (χ4v) is 3.84. The summed E-state index contributed by atoms with van der Waals surface area (Å²) in [6.07, 6.45) is 1.13. The van der Waals surface area contributed by atoms with Gasteiger partial charge in [-0.3, -0.25) is 4.79 Å². The molecule has 3 amide bonds. The van der Waals surface area contributed by atoms with Gasteiger partial charge in [0.2, 0.25) is 5.91 Å². The molecule has 2 unspecified atom stereocenters. The summed E-state index contributed by atoms with van der Waals surface area (Å²) >= 11 is 5.85. The van der Waals surface area contributed by atoms with E-state index in [-0.39, 0.29) is 18.5 Å². The van der Waals surface area contributed by atoms with E-state index in [4.69, 9.17) is 16.3 Å². The first kappa shape index (κ1) is 23.6. The van der Waals surface area contributed by atoms with Gasteiger partial charge >= 0.3 is 12.0 Å². The van der Waals surface area contributed by atoms with E-state index in [1.54, 1.807) is 49.9 Å². The number of nitrogens with one attached hydrogen (secondary N) is 2. The zero-order valence-corrected chi connectivity index (χ0v) is 19.2. The second-order valence-corrected chi connectivity index (χ2v) is 9.11. The molecule has 1 aliphatic heterocycles. The van der Waals surface area contributed by atoms with Gasteiger partial charge in [-0.1, -0.05) is 41.9 Å². The van der Waals surface area contributed by atoms with Crippen LogP contribution in [-0.4, -0.2) is 41.0 Å². The first-order chi connectivity index (χ1) is 15.1. The predicted octanol–water partition coefficient (Wildman–Crippen LogP) is 4.54. The second kappa shape index (κ2) is 10.0. The lowest BCUT2D eigenvalue weighted by atomic mass is 10.0. The van der Waals surface area contributed by atoms with Gasteiger partial charge in [0.15, 0.2) is 0 Å². The minimum Gasteiger partial charge on any atom is -0.458 e. The number of benzene rings is 2. The van der Waals surface area contributed by atoms with Crippen LogP contribution in [0.4, 0.5) is 10.5 Å². The van der Waals surface area contributed by atoms with Crippen LogP contribution in [0.3, 0.4) is 0 Å². The van der Waals surface area contributed by atoms with Crippen molar-refractivity contribution in [2.75, 3.05) is 11.9 Å². The number of likely N-dealkylation sites (tertiary alicyclic amines) is 1. The molecular weight excluding hydrogens is 430 g/mol. The van der Waals surface area contributed by atoms with Crippen molar-refractivity contribution in [3.63, 3.8) is 0 Å². The number of hydrogen-bond acceptors (Lipinski definition) is 4. The maximum atomic E-state index is 13.2. The van der Waals surface area contributed by atoms with E-state index in [1.165, 1.54) is 0 Å². The summed E-state index contributed by atoms with van der Waals surface area (Å²) < 4.78 is 5.56. The Morgan fingerprint density at radius 2 is 1.69 bits per heavy atom. The molecule has 2 aromatic rings. The first-order valence-electron chi connectivity index (χ1n) is 10.5. The molecule has 2 aromatic carbocycles. The number of amides is 3. The zero-order chi connectivity index (χ0) is 23.3. The third kappa shape index (κ3) is 6.23. The highest BCUT2D eigenvalue weighted by atomic mass is 35.5. The van der Waals surface area contributed by atoms with Crippen molar-refractivity contribution in [3.8, 4) is 0 Å². The van der Waals surface area contributed by atoms with E-state index in [0.717, 1.165) is 5.56 Å². The summed E-state index contributed by atoms with van der Waals surface area (Å²) in [5, 5.41) is 5.78. The number of hydrogen-bond donors (Lipinski definition) is 2. The largest absolute Gasteiger partial charge is 0.458 e. The van der Waals surface area contributed by atoms with Gasteiger partial charge in [0.1, 0.15) is 11.6 Å². The molecule has 3 rings (SSSR count). The molecule has 32 heavy (non-hydrogen) atoms. The Morgan fingerprint density at radius 1 is 1.03 bits per heavy atom. The lowest BCUT2D eigenvalue weighted by Gasteiger charge is -2.31. The Morgan fingerprint density at radius 3 is 2.31 bits per heavy atom. The lowest BCUT2D eigenvalue weighted by molar-refractivity contribution is -0.164. The fourth-order valence-electron chi connectivity index (χ4n) is 3.72. The number of rotatable bonds is 5. The van der Waals surface area contributed by atoms with Crippen LogP contribution in [-0.2, 0) is 14.3 Å². The average Bonchev–Trinajstić information content (AvgIpc) is 3.19. The van der Waals surface area contributed by atoms with Crippen LogP contribution in [0.2, 0.25) is 5.02 Å². The molecule has 170 valence electrons. The molecule has 0 aromatic heterocycles. The Balaban J connectivity index is 1.70. The van der Waals surface area contributed by atoms with E-state index >= 15 is 0 Å². The summed E-state index contributed by atoms with van der Waals surface area (Å²) in [6, 6.07) is 14.7. The van der Waals surface area contributed by atoms with Crippen molar-refractivity contribution in [3.05, 3.63) is 65.2 Å². The molecule has 1 aliphatic rings. The van der Waals surface area contributed by atoms with Gasteiger partial charge in [-0.2, -0.15) is 0 Å². The summed E-state index contributed by atoms with van der Waals surface area (Å²) in [5.74, 6) is -0.784. The Hall–Kier alpha value is -3.06. The van der Waals surface area contributed by atoms with Crippen LogP contribution in [0.5, 0.6) is 0 Å². The quantitative estimate of drug-likeness (QED) is 0.645. The first-order valence-corrected chi connectivity index (χ1v) is 10.9. The van der Waals surface area contributed by atoms with E-state index in [1.807, 2.05) is 30.3 Å². The number of carbonyl (C=O) groups is 3. The van der Waals surface area contributed by atoms with Crippen molar-refractivity contribution in [1.29, 1.82) is 0 Å². The van der Waals surface area contributed by atoms with Gasteiger partial charge in [0, 0.05) is 10.7 Å². The third-order valence-corrected chi connectivity index (χ3v) is 5.29. The number of nitrogens with zero attached hydrogens (tertiary/aromatic N) is 1. The van der Waals surface area contributed by atoms with E-state index < -0.39 is 23.6 Å². The van der Waals surface area contributed by atoms with Gasteiger partial charge in [-0.15, -0.1) is 0 Å². The SMILES string of the molecule is CC(C)(C)OC(=O)C1CCC(c2ccccc2)N1C(=O)CNC(=O)Nc1ccc(Cl)cc1. The minimum atomic E-state index is -0.701. The van der Waals surface area contributed by atoms with Gasteiger partial charge in [-0.25, -0.2) is 9.59 Å².